The van der Waals surface area contributed by atoms with Crippen molar-refractivity contribution in [3.63, 3.8) is 0 Å². The second-order valence-corrected chi connectivity index (χ2v) is 10.2. The first-order chi connectivity index (χ1) is 19.6. The third kappa shape index (κ3) is 4.56. The van der Waals surface area contributed by atoms with E-state index in [1.807, 2.05) is 24.3 Å². The third-order valence-electron chi connectivity index (χ3n) is 7.91. The lowest BCUT2D eigenvalue weighted by atomic mass is 9.75. The summed E-state index contributed by atoms with van der Waals surface area (Å²) in [5.41, 5.74) is 1.17. The lowest BCUT2D eigenvalue weighted by Crippen LogP contribution is -2.55. The largest absolute Gasteiger partial charge is 0.416 e. The zero-order chi connectivity index (χ0) is 28.9. The van der Waals surface area contributed by atoms with Crippen LogP contribution >= 0.6 is 0 Å². The molecule has 208 valence electrons. The Bertz CT molecular complexity index is 1770. The number of nitrogens with zero attached hydrogens (tertiary/aromatic N) is 1. The van der Waals surface area contributed by atoms with Crippen molar-refractivity contribution in [2.24, 2.45) is 5.84 Å². The van der Waals surface area contributed by atoms with E-state index in [1.54, 1.807) is 12.1 Å². The number of hydrazine groups is 1. The summed E-state index contributed by atoms with van der Waals surface area (Å²) in [5, 5.41) is 4.77. The Morgan fingerprint density at radius 2 is 1.59 bits per heavy atom. The molecule has 0 aliphatic heterocycles. The second-order valence-electron chi connectivity index (χ2n) is 10.2. The Hall–Kier alpha value is -4.50. The highest BCUT2D eigenvalue weighted by Crippen LogP contribution is 2.50. The Balaban J connectivity index is 1.52. The van der Waals surface area contributed by atoms with E-state index in [0.717, 1.165) is 52.4 Å². The van der Waals surface area contributed by atoms with Crippen molar-refractivity contribution >= 4 is 23.4 Å². The lowest BCUT2D eigenvalue weighted by Gasteiger charge is -2.42. The number of nitrogens with one attached hydrogen (secondary N) is 1. The third-order valence-corrected chi connectivity index (χ3v) is 7.91. The molecule has 0 saturated carbocycles. The van der Waals surface area contributed by atoms with Crippen LogP contribution in [0.4, 0.5) is 32.4 Å². The Morgan fingerprint density at radius 1 is 0.902 bits per heavy atom. The van der Waals surface area contributed by atoms with Crippen LogP contribution in [-0.4, -0.2) is 11.0 Å². The van der Waals surface area contributed by atoms with Gasteiger partial charge in [0.05, 0.1) is 5.56 Å². The number of hydrogen-bond acceptors (Lipinski definition) is 2. The maximum atomic E-state index is 14.5. The first-order valence-electron chi connectivity index (χ1n) is 13.0. The number of hydrogen-bond donors (Lipinski definition) is 2. The maximum absolute atomic E-state index is 14.5. The van der Waals surface area contributed by atoms with E-state index < -0.39 is 34.9 Å². The molecule has 4 nitrogen and oxygen atoms in total. The van der Waals surface area contributed by atoms with Crippen molar-refractivity contribution in [2.45, 2.75) is 30.5 Å². The molecular weight excluding hydrogens is 537 g/mol. The van der Waals surface area contributed by atoms with Crippen LogP contribution in [0.2, 0.25) is 0 Å². The number of benzene rings is 4. The topological polar surface area (TPSA) is 58.4 Å². The summed E-state index contributed by atoms with van der Waals surface area (Å²) in [6, 6.07) is 21.1. The van der Waals surface area contributed by atoms with Gasteiger partial charge in [-0.2, -0.15) is 13.2 Å². The van der Waals surface area contributed by atoms with Crippen molar-refractivity contribution in [3.8, 4) is 0 Å². The normalized spacial score (nSPS) is 19.4. The molecule has 0 aromatic heterocycles. The molecule has 2 aliphatic rings. The predicted octanol–water partition coefficient (Wildman–Crippen LogP) is 5.96. The molecule has 2 aliphatic carbocycles. The zero-order valence-corrected chi connectivity index (χ0v) is 21.6. The van der Waals surface area contributed by atoms with Gasteiger partial charge in [0, 0.05) is 11.6 Å². The summed E-state index contributed by atoms with van der Waals surface area (Å²) in [4.78, 5) is 13.7. The number of aryl methyl sites for hydroxylation is 1. The molecule has 3 N–H and O–H groups in total. The van der Waals surface area contributed by atoms with Crippen molar-refractivity contribution < 1.29 is 26.7 Å². The predicted molar refractivity (Wildman–Crippen MR) is 146 cm³/mol. The van der Waals surface area contributed by atoms with Gasteiger partial charge in [-0.3, -0.25) is 0 Å². The maximum Gasteiger partial charge on any atom is 0.416 e. The fraction of sp³-hybridized carbons (Fsp3) is 0.156. The fourth-order valence-corrected chi connectivity index (χ4v) is 6.08. The molecular formula is C32H24F5N3O. The minimum absolute atomic E-state index is 0.0991. The highest BCUT2D eigenvalue weighted by molar-refractivity contribution is 5.94. The smallest absolute Gasteiger partial charge is 0.307 e. The lowest BCUT2D eigenvalue weighted by molar-refractivity contribution is -0.137. The molecule has 2 amide bonds. The van der Waals surface area contributed by atoms with E-state index in [-0.39, 0.29) is 11.6 Å². The van der Waals surface area contributed by atoms with E-state index in [2.05, 4.69) is 5.32 Å². The first-order valence-corrected chi connectivity index (χ1v) is 13.0. The molecule has 41 heavy (non-hydrogen) atoms. The van der Waals surface area contributed by atoms with Gasteiger partial charge in [0.2, 0.25) is 0 Å². The molecule has 4 aromatic rings. The number of halogens is 5. The van der Waals surface area contributed by atoms with E-state index in [9.17, 15) is 26.7 Å². The Labute approximate surface area is 232 Å². The molecule has 0 saturated heterocycles. The molecule has 6 rings (SSSR count). The molecule has 2 unspecified atom stereocenters. The molecule has 0 spiro atoms. The van der Waals surface area contributed by atoms with Crippen LogP contribution in [-0.2, 0) is 18.1 Å². The SMILES string of the molecule is NN(C(=O)Nc1ccc(C(F)(F)F)cc1)C1(c2ccc(F)cc2)C=c2cc(F)ccc2=C1C1CCc2ccccc21. The Morgan fingerprint density at radius 3 is 2.29 bits per heavy atom. The summed E-state index contributed by atoms with van der Waals surface area (Å²) in [5.74, 6) is 5.50. The summed E-state index contributed by atoms with van der Waals surface area (Å²) >= 11 is 0. The van der Waals surface area contributed by atoms with Gasteiger partial charge in [-0.25, -0.2) is 24.4 Å². The van der Waals surface area contributed by atoms with Gasteiger partial charge >= 0.3 is 12.2 Å². The quantitative estimate of drug-likeness (QED) is 0.140. The molecule has 0 fully saturated rings. The average Bonchev–Trinajstić information content (AvgIpc) is 3.51. The molecule has 9 heteroatoms. The summed E-state index contributed by atoms with van der Waals surface area (Å²) in [6.07, 6.45) is -1.35. The van der Waals surface area contributed by atoms with Crippen LogP contribution in [0.1, 0.15) is 34.6 Å². The number of nitrogens with two attached hydrogens (primary N) is 1. The first kappa shape index (κ1) is 26.7. The van der Waals surface area contributed by atoms with E-state index >= 15 is 0 Å². The standard InChI is InChI=1S/C32H24F5N3O/c33-23-10-6-21(7-11-23)31(40(38)30(41)39-25-13-8-22(9-14-25)32(35,36)37)18-20-17-24(34)12-16-27(20)29(31)28-15-5-19-3-1-2-4-26(19)28/h1-4,6-14,16-18,28H,5,15,38H2,(H,39,41). The highest BCUT2D eigenvalue weighted by atomic mass is 19.4. The van der Waals surface area contributed by atoms with Crippen molar-refractivity contribution in [1.82, 2.24) is 5.01 Å². The van der Waals surface area contributed by atoms with Gasteiger partial charge in [0.25, 0.3) is 0 Å². The van der Waals surface area contributed by atoms with Crippen LogP contribution in [0, 0.1) is 11.6 Å². The van der Waals surface area contributed by atoms with Gasteiger partial charge in [0.15, 0.2) is 0 Å². The summed E-state index contributed by atoms with van der Waals surface area (Å²) in [7, 11) is 0. The number of carbonyl (C=O) groups excluding carboxylic acids is 1. The van der Waals surface area contributed by atoms with Gasteiger partial charge in [0.1, 0.15) is 17.2 Å². The number of amides is 2. The molecule has 0 bridgehead atoms. The monoisotopic (exact) mass is 561 g/mol. The van der Waals surface area contributed by atoms with Crippen LogP contribution in [0.15, 0.2) is 91.0 Å². The number of alkyl halides is 3. The van der Waals surface area contributed by atoms with Gasteiger partial charge in [-0.15, -0.1) is 0 Å². The number of urea groups is 1. The number of carbonyl (C=O) groups is 1. The van der Waals surface area contributed by atoms with Crippen LogP contribution in [0.3, 0.4) is 0 Å². The van der Waals surface area contributed by atoms with Gasteiger partial charge < -0.3 is 5.32 Å². The molecule has 0 radical (unpaired) electrons. The number of rotatable bonds is 4. The molecule has 2 atom stereocenters. The van der Waals surface area contributed by atoms with Crippen LogP contribution < -0.4 is 21.6 Å². The van der Waals surface area contributed by atoms with Gasteiger partial charge in [-0.05, 0) is 100 Å². The highest BCUT2D eigenvalue weighted by Gasteiger charge is 2.48. The van der Waals surface area contributed by atoms with E-state index in [1.165, 1.54) is 36.4 Å². The van der Waals surface area contributed by atoms with Crippen LogP contribution in [0.25, 0.3) is 11.6 Å². The average molecular weight is 562 g/mol. The summed E-state index contributed by atoms with van der Waals surface area (Å²) in [6.45, 7) is 0. The summed E-state index contributed by atoms with van der Waals surface area (Å²) < 4.78 is 67.8. The molecule has 0 heterocycles. The van der Waals surface area contributed by atoms with Crippen molar-refractivity contribution in [2.75, 3.05) is 5.32 Å². The minimum Gasteiger partial charge on any atom is -0.307 e. The minimum atomic E-state index is -4.53. The van der Waals surface area contributed by atoms with Crippen LogP contribution in [0.5, 0.6) is 0 Å². The molecule has 4 aromatic carbocycles. The van der Waals surface area contributed by atoms with Gasteiger partial charge in [-0.1, -0.05) is 42.5 Å². The van der Waals surface area contributed by atoms with Crippen molar-refractivity contribution in [3.05, 3.63) is 135 Å². The van der Waals surface area contributed by atoms with Crippen molar-refractivity contribution in [1.29, 1.82) is 0 Å². The zero-order valence-electron chi connectivity index (χ0n) is 21.6. The second kappa shape index (κ2) is 9.85. The fourth-order valence-electron chi connectivity index (χ4n) is 6.08. The van der Waals surface area contributed by atoms with E-state index in [4.69, 9.17) is 5.84 Å². The number of fused-ring (bicyclic) bond motifs is 2. The Kier molecular flexibility index (Phi) is 6.42. The van der Waals surface area contributed by atoms with E-state index in [0.29, 0.717) is 22.4 Å². The number of anilines is 1.